The molecule has 1 aliphatic heterocycles. The Labute approximate surface area is 135 Å². The summed E-state index contributed by atoms with van der Waals surface area (Å²) in [6.45, 7) is 0.404. The molecule has 0 fully saturated rings. The van der Waals surface area contributed by atoms with Gasteiger partial charge in [0.05, 0.1) is 11.4 Å². The molecule has 0 bridgehead atoms. The Bertz CT molecular complexity index is 803. The van der Waals surface area contributed by atoms with Gasteiger partial charge in [0.25, 0.3) is 5.91 Å². The van der Waals surface area contributed by atoms with Gasteiger partial charge in [0, 0.05) is 18.2 Å². The number of hydrogen-bond donors (Lipinski definition) is 1. The van der Waals surface area contributed by atoms with Gasteiger partial charge in [0.2, 0.25) is 0 Å². The molecule has 1 N–H and O–H groups in total. The number of carbonyl (C=O) groups is 1. The van der Waals surface area contributed by atoms with Crippen LogP contribution in [0.2, 0.25) is 0 Å². The molecule has 1 heterocycles. The van der Waals surface area contributed by atoms with Crippen LogP contribution >= 0.6 is 0 Å². The fourth-order valence-corrected chi connectivity index (χ4v) is 3.16. The van der Waals surface area contributed by atoms with Crippen molar-refractivity contribution in [1.82, 2.24) is 5.32 Å². The lowest BCUT2D eigenvalue weighted by Crippen LogP contribution is -2.34. The first kappa shape index (κ1) is 15.6. The number of carbonyl (C=O) groups excluding carboxylic acids is 1. The molecule has 23 heavy (non-hydrogen) atoms. The number of nitrogens with one attached hydrogen (secondary N) is 1. The van der Waals surface area contributed by atoms with Gasteiger partial charge in [-0.15, -0.1) is 0 Å². The highest BCUT2D eigenvalue weighted by molar-refractivity contribution is 7.90. The van der Waals surface area contributed by atoms with E-state index in [0.717, 1.165) is 24.0 Å². The average molecular weight is 331 g/mol. The van der Waals surface area contributed by atoms with E-state index in [9.17, 15) is 13.2 Å². The van der Waals surface area contributed by atoms with Crippen molar-refractivity contribution < 1.29 is 17.9 Å². The predicted molar refractivity (Wildman–Crippen MR) is 86.4 cm³/mol. The number of ether oxygens (including phenoxy) is 1. The molecular weight excluding hydrogens is 314 g/mol. The van der Waals surface area contributed by atoms with E-state index in [2.05, 4.69) is 5.32 Å². The summed E-state index contributed by atoms with van der Waals surface area (Å²) >= 11 is 0. The van der Waals surface area contributed by atoms with Gasteiger partial charge in [-0.1, -0.05) is 18.2 Å². The zero-order chi connectivity index (χ0) is 16.4. The third-order valence-corrected chi connectivity index (χ3v) is 4.88. The maximum atomic E-state index is 12.1. The van der Waals surface area contributed by atoms with Crippen LogP contribution in [-0.2, 0) is 16.3 Å². The van der Waals surface area contributed by atoms with Crippen molar-refractivity contribution in [2.45, 2.75) is 17.4 Å². The highest BCUT2D eigenvalue weighted by Crippen LogP contribution is 2.27. The van der Waals surface area contributed by atoms with Crippen molar-refractivity contribution >= 4 is 15.7 Å². The van der Waals surface area contributed by atoms with E-state index in [4.69, 9.17) is 4.74 Å². The van der Waals surface area contributed by atoms with Gasteiger partial charge in [0.15, 0.2) is 9.84 Å². The molecule has 0 radical (unpaired) electrons. The van der Waals surface area contributed by atoms with Crippen LogP contribution in [0.3, 0.4) is 0 Å². The molecule has 5 nitrogen and oxygen atoms in total. The standard InChI is InChI=1S/C17H17NO4S/c1-23(20,21)15-8-6-12(7-9-15)17(19)18-11-14-10-13-4-2-3-5-16(13)22-14/h2-9,14H,10-11H2,1H3,(H,18,19)/t14-/m1/s1. The maximum Gasteiger partial charge on any atom is 0.251 e. The molecule has 0 saturated carbocycles. The smallest absolute Gasteiger partial charge is 0.251 e. The Hall–Kier alpha value is -2.34. The molecule has 1 aliphatic rings. The second kappa shape index (κ2) is 6.04. The largest absolute Gasteiger partial charge is 0.488 e. The molecule has 120 valence electrons. The lowest BCUT2D eigenvalue weighted by molar-refractivity contribution is 0.0933. The van der Waals surface area contributed by atoms with Crippen LogP contribution in [0.15, 0.2) is 53.4 Å². The summed E-state index contributed by atoms with van der Waals surface area (Å²) in [5, 5.41) is 2.82. The summed E-state index contributed by atoms with van der Waals surface area (Å²) < 4.78 is 28.6. The van der Waals surface area contributed by atoms with Crippen LogP contribution in [-0.4, -0.2) is 33.2 Å². The van der Waals surface area contributed by atoms with Gasteiger partial charge < -0.3 is 10.1 Å². The fraction of sp³-hybridized carbons (Fsp3) is 0.235. The zero-order valence-corrected chi connectivity index (χ0v) is 13.5. The van der Waals surface area contributed by atoms with E-state index < -0.39 is 9.84 Å². The van der Waals surface area contributed by atoms with Gasteiger partial charge in [-0.3, -0.25) is 4.79 Å². The molecule has 0 spiro atoms. The van der Waals surface area contributed by atoms with Crippen molar-refractivity contribution in [3.63, 3.8) is 0 Å². The molecule has 2 aromatic rings. The Morgan fingerprint density at radius 2 is 1.87 bits per heavy atom. The summed E-state index contributed by atoms with van der Waals surface area (Å²) in [6, 6.07) is 13.7. The van der Waals surface area contributed by atoms with E-state index >= 15 is 0 Å². The maximum absolute atomic E-state index is 12.1. The van der Waals surface area contributed by atoms with E-state index in [1.165, 1.54) is 24.3 Å². The minimum Gasteiger partial charge on any atom is -0.488 e. The summed E-state index contributed by atoms with van der Waals surface area (Å²) in [4.78, 5) is 12.3. The first-order chi connectivity index (χ1) is 10.9. The molecule has 0 aliphatic carbocycles. The summed E-state index contributed by atoms with van der Waals surface area (Å²) in [5.41, 5.74) is 1.57. The minimum atomic E-state index is -3.25. The number of fused-ring (bicyclic) bond motifs is 1. The zero-order valence-electron chi connectivity index (χ0n) is 12.7. The summed E-state index contributed by atoms with van der Waals surface area (Å²) in [6.07, 6.45) is 1.83. The highest BCUT2D eigenvalue weighted by atomic mass is 32.2. The fourth-order valence-electron chi connectivity index (χ4n) is 2.53. The van der Waals surface area contributed by atoms with Crippen LogP contribution in [0.25, 0.3) is 0 Å². The number of rotatable bonds is 4. The Kier molecular flexibility index (Phi) is 4.09. The summed E-state index contributed by atoms with van der Waals surface area (Å²) in [7, 11) is -3.25. The molecule has 0 unspecified atom stereocenters. The minimum absolute atomic E-state index is 0.0772. The van der Waals surface area contributed by atoms with Crippen molar-refractivity contribution in [3.8, 4) is 5.75 Å². The topological polar surface area (TPSA) is 72.5 Å². The lowest BCUT2D eigenvalue weighted by atomic mass is 10.1. The van der Waals surface area contributed by atoms with Crippen LogP contribution in [0.5, 0.6) is 5.75 Å². The number of sulfone groups is 1. The molecule has 1 amide bonds. The number of benzene rings is 2. The molecule has 1 atom stereocenters. The van der Waals surface area contributed by atoms with Crippen LogP contribution in [0, 0.1) is 0 Å². The second-order valence-corrected chi connectivity index (χ2v) is 7.57. The predicted octanol–water partition coefficient (Wildman–Crippen LogP) is 1.82. The Balaban J connectivity index is 1.58. The van der Waals surface area contributed by atoms with Crippen molar-refractivity contribution in [3.05, 3.63) is 59.7 Å². The first-order valence-electron chi connectivity index (χ1n) is 7.26. The SMILES string of the molecule is CS(=O)(=O)c1ccc(C(=O)NC[C@H]2Cc3ccccc3O2)cc1. The Morgan fingerprint density at radius 3 is 2.52 bits per heavy atom. The molecule has 2 aromatic carbocycles. The van der Waals surface area contributed by atoms with Crippen LogP contribution < -0.4 is 10.1 Å². The van der Waals surface area contributed by atoms with E-state index in [1.807, 2.05) is 24.3 Å². The van der Waals surface area contributed by atoms with Crippen LogP contribution in [0.4, 0.5) is 0 Å². The molecule has 6 heteroatoms. The van der Waals surface area contributed by atoms with E-state index in [-0.39, 0.29) is 16.9 Å². The van der Waals surface area contributed by atoms with E-state index in [1.54, 1.807) is 0 Å². The highest BCUT2D eigenvalue weighted by Gasteiger charge is 2.22. The second-order valence-electron chi connectivity index (χ2n) is 5.56. The van der Waals surface area contributed by atoms with Crippen molar-refractivity contribution in [2.75, 3.05) is 12.8 Å². The van der Waals surface area contributed by atoms with Gasteiger partial charge >= 0.3 is 0 Å². The van der Waals surface area contributed by atoms with Gasteiger partial charge in [-0.25, -0.2) is 8.42 Å². The molecule has 3 rings (SSSR count). The average Bonchev–Trinajstić information content (AvgIpc) is 2.95. The number of hydrogen-bond acceptors (Lipinski definition) is 4. The van der Waals surface area contributed by atoms with Crippen molar-refractivity contribution in [1.29, 1.82) is 0 Å². The molecule has 0 saturated heterocycles. The van der Waals surface area contributed by atoms with E-state index in [0.29, 0.717) is 12.1 Å². The number of amides is 1. The van der Waals surface area contributed by atoms with Crippen LogP contribution in [0.1, 0.15) is 15.9 Å². The quantitative estimate of drug-likeness (QED) is 0.927. The van der Waals surface area contributed by atoms with Gasteiger partial charge in [-0.05, 0) is 35.9 Å². The lowest BCUT2D eigenvalue weighted by Gasteiger charge is -2.12. The third kappa shape index (κ3) is 3.53. The normalized spacial score (nSPS) is 16.5. The molecule has 0 aromatic heterocycles. The number of para-hydroxylation sites is 1. The van der Waals surface area contributed by atoms with Gasteiger partial charge in [0.1, 0.15) is 11.9 Å². The monoisotopic (exact) mass is 331 g/mol. The molecular formula is C17H17NO4S. The van der Waals surface area contributed by atoms with Crippen molar-refractivity contribution in [2.24, 2.45) is 0 Å². The van der Waals surface area contributed by atoms with Gasteiger partial charge in [-0.2, -0.15) is 0 Å². The summed E-state index contributed by atoms with van der Waals surface area (Å²) in [5.74, 6) is 0.619. The third-order valence-electron chi connectivity index (χ3n) is 3.75. The first-order valence-corrected chi connectivity index (χ1v) is 9.15. The Morgan fingerprint density at radius 1 is 1.17 bits per heavy atom.